The molecule has 0 aliphatic rings. The third-order valence-corrected chi connectivity index (χ3v) is 1.02. The summed E-state index contributed by atoms with van der Waals surface area (Å²) in [5, 5.41) is -3.75. The Morgan fingerprint density at radius 2 is 2.20 bits per heavy atom. The molecule has 0 atom stereocenters. The summed E-state index contributed by atoms with van der Waals surface area (Å²) >= 11 is 4.37. The fourth-order valence-electron chi connectivity index (χ4n) is 0.327. The molecule has 0 N–H and O–H groups in total. The molecule has 0 radical (unpaired) electrons. The van der Waals surface area contributed by atoms with E-state index in [-0.39, 0.29) is 12.8 Å². The second-order valence-corrected chi connectivity index (χ2v) is 2.10. The minimum absolute atomic E-state index is 0.00113. The predicted octanol–water partition coefficient (Wildman–Crippen LogP) is 1.80. The molecule has 0 fully saturated rings. The van der Waals surface area contributed by atoms with Gasteiger partial charge in [-0.3, -0.25) is 4.79 Å². The Balaban J connectivity index is 3.78. The number of ketones is 1. The molecule has 0 rings (SSSR count). The summed E-state index contributed by atoms with van der Waals surface area (Å²) in [6.07, 6.45) is 4.36. The molecule has 0 saturated heterocycles. The van der Waals surface area contributed by atoms with E-state index in [1.54, 1.807) is 0 Å². The number of halogens is 3. The van der Waals surface area contributed by atoms with Crippen LogP contribution in [0.4, 0.5) is 8.78 Å². The van der Waals surface area contributed by atoms with Gasteiger partial charge in [0.2, 0.25) is 5.78 Å². The zero-order chi connectivity index (χ0) is 8.20. The number of Topliss-reactive ketones (excluding diaryl/α,β-unsaturated/α-hetero) is 1. The Labute approximate surface area is 62.4 Å². The van der Waals surface area contributed by atoms with Crippen LogP contribution in [-0.4, -0.2) is 11.2 Å². The van der Waals surface area contributed by atoms with Crippen molar-refractivity contribution in [1.82, 2.24) is 0 Å². The molecular formula is C6H5ClF2O. The van der Waals surface area contributed by atoms with Gasteiger partial charge in [0.15, 0.2) is 0 Å². The van der Waals surface area contributed by atoms with Gasteiger partial charge in [0.1, 0.15) is 0 Å². The van der Waals surface area contributed by atoms with E-state index in [1.807, 2.05) is 0 Å². The first-order valence-electron chi connectivity index (χ1n) is 2.52. The van der Waals surface area contributed by atoms with Crippen molar-refractivity contribution in [3.05, 3.63) is 0 Å². The summed E-state index contributed by atoms with van der Waals surface area (Å²) in [7, 11) is 0. The van der Waals surface area contributed by atoms with E-state index in [0.717, 1.165) is 0 Å². The predicted molar refractivity (Wildman–Crippen MR) is 33.9 cm³/mol. The molecule has 0 aromatic rings. The van der Waals surface area contributed by atoms with Crippen LogP contribution in [0.2, 0.25) is 0 Å². The number of terminal acetylenes is 1. The van der Waals surface area contributed by atoms with Crippen molar-refractivity contribution < 1.29 is 13.6 Å². The van der Waals surface area contributed by atoms with Gasteiger partial charge in [-0.1, -0.05) is 0 Å². The third-order valence-electron chi connectivity index (χ3n) is 0.813. The van der Waals surface area contributed by atoms with E-state index >= 15 is 0 Å². The van der Waals surface area contributed by atoms with Crippen LogP contribution in [0.15, 0.2) is 0 Å². The highest BCUT2D eigenvalue weighted by Crippen LogP contribution is 2.21. The van der Waals surface area contributed by atoms with Crippen molar-refractivity contribution in [1.29, 1.82) is 0 Å². The molecule has 0 saturated carbocycles. The first kappa shape index (κ1) is 9.38. The van der Waals surface area contributed by atoms with E-state index in [1.165, 1.54) is 0 Å². The molecule has 0 aliphatic carbocycles. The van der Waals surface area contributed by atoms with Crippen LogP contribution >= 0.6 is 11.6 Å². The van der Waals surface area contributed by atoms with Crippen molar-refractivity contribution in [2.24, 2.45) is 0 Å². The molecule has 0 bridgehead atoms. The number of hydrogen-bond acceptors (Lipinski definition) is 1. The summed E-state index contributed by atoms with van der Waals surface area (Å²) < 4.78 is 23.6. The minimum Gasteiger partial charge on any atom is -0.291 e. The van der Waals surface area contributed by atoms with Gasteiger partial charge in [0.05, 0.1) is 0 Å². The van der Waals surface area contributed by atoms with Crippen molar-refractivity contribution in [3.8, 4) is 12.3 Å². The van der Waals surface area contributed by atoms with E-state index in [0.29, 0.717) is 0 Å². The summed E-state index contributed by atoms with van der Waals surface area (Å²) in [6, 6.07) is 0. The molecular weight excluding hydrogens is 162 g/mol. The van der Waals surface area contributed by atoms with Gasteiger partial charge >= 0.3 is 5.38 Å². The molecule has 1 nitrogen and oxygen atoms in total. The lowest BCUT2D eigenvalue weighted by Gasteiger charge is -2.02. The Morgan fingerprint density at radius 3 is 2.50 bits per heavy atom. The molecule has 0 amide bonds. The molecule has 0 aliphatic heterocycles. The van der Waals surface area contributed by atoms with Crippen LogP contribution in [0.3, 0.4) is 0 Å². The molecule has 0 unspecified atom stereocenters. The minimum atomic E-state index is -3.75. The number of rotatable bonds is 3. The van der Waals surface area contributed by atoms with E-state index < -0.39 is 11.2 Å². The van der Waals surface area contributed by atoms with Crippen LogP contribution in [0.25, 0.3) is 0 Å². The summed E-state index contributed by atoms with van der Waals surface area (Å²) in [5.74, 6) is 0.731. The number of carbonyl (C=O) groups is 1. The largest absolute Gasteiger partial charge is 0.380 e. The summed E-state index contributed by atoms with van der Waals surface area (Å²) in [5.41, 5.74) is 0. The fraction of sp³-hybridized carbons (Fsp3) is 0.500. The van der Waals surface area contributed by atoms with Crippen molar-refractivity contribution in [3.63, 3.8) is 0 Å². The maximum atomic E-state index is 11.8. The fourth-order valence-corrected chi connectivity index (χ4v) is 0.422. The first-order valence-corrected chi connectivity index (χ1v) is 2.89. The van der Waals surface area contributed by atoms with Gasteiger partial charge in [-0.2, -0.15) is 8.78 Å². The summed E-state index contributed by atoms with van der Waals surface area (Å²) in [6.45, 7) is 0. The monoisotopic (exact) mass is 166 g/mol. The molecule has 4 heteroatoms. The second-order valence-electron chi connectivity index (χ2n) is 1.63. The van der Waals surface area contributed by atoms with Crippen LogP contribution < -0.4 is 0 Å². The van der Waals surface area contributed by atoms with Gasteiger partial charge in [0.25, 0.3) is 0 Å². The Morgan fingerprint density at radius 1 is 1.70 bits per heavy atom. The number of carbonyl (C=O) groups excluding carboxylic acids is 1. The highest BCUT2D eigenvalue weighted by Gasteiger charge is 2.34. The highest BCUT2D eigenvalue weighted by molar-refractivity contribution is 6.32. The smallest absolute Gasteiger partial charge is 0.291 e. The van der Waals surface area contributed by atoms with Gasteiger partial charge in [-0.25, -0.2) is 0 Å². The maximum absolute atomic E-state index is 11.8. The molecule has 0 heterocycles. The summed E-state index contributed by atoms with van der Waals surface area (Å²) in [4.78, 5) is 10.2. The average Bonchev–Trinajstić information content (AvgIpc) is 1.80. The maximum Gasteiger partial charge on any atom is 0.380 e. The second kappa shape index (κ2) is 3.52. The van der Waals surface area contributed by atoms with Crippen molar-refractivity contribution >= 4 is 17.4 Å². The lowest BCUT2D eigenvalue weighted by atomic mass is 10.2. The normalized spacial score (nSPS) is 10.6. The Kier molecular flexibility index (Phi) is 3.31. The zero-order valence-electron chi connectivity index (χ0n) is 5.03. The van der Waals surface area contributed by atoms with E-state index in [9.17, 15) is 13.6 Å². The molecule has 56 valence electrons. The lowest BCUT2D eigenvalue weighted by Crippen LogP contribution is -2.20. The van der Waals surface area contributed by atoms with Crippen molar-refractivity contribution in [2.45, 2.75) is 18.2 Å². The molecule has 0 aromatic carbocycles. The van der Waals surface area contributed by atoms with Gasteiger partial charge in [-0.15, -0.1) is 12.3 Å². The quantitative estimate of drug-likeness (QED) is 0.462. The van der Waals surface area contributed by atoms with Crippen LogP contribution in [0, 0.1) is 12.3 Å². The van der Waals surface area contributed by atoms with Crippen LogP contribution in [0.5, 0.6) is 0 Å². The zero-order valence-corrected chi connectivity index (χ0v) is 5.79. The molecule has 0 spiro atoms. The van der Waals surface area contributed by atoms with E-state index in [4.69, 9.17) is 6.42 Å². The first-order chi connectivity index (χ1) is 4.48. The lowest BCUT2D eigenvalue weighted by molar-refractivity contribution is -0.133. The Hall–Kier alpha value is -0.620. The topological polar surface area (TPSA) is 17.1 Å². The van der Waals surface area contributed by atoms with E-state index in [2.05, 4.69) is 17.5 Å². The number of alkyl halides is 3. The van der Waals surface area contributed by atoms with Crippen LogP contribution in [-0.2, 0) is 4.79 Å². The standard InChI is InChI=1S/C6H5ClF2O/c1-2-3-4-5(10)6(7,8)9/h1H,3-4H2. The van der Waals surface area contributed by atoms with Crippen molar-refractivity contribution in [2.75, 3.05) is 0 Å². The third kappa shape index (κ3) is 3.41. The SMILES string of the molecule is C#CCCC(=O)C(F)(F)Cl. The Bertz CT molecular complexity index is 166. The average molecular weight is 167 g/mol. The highest BCUT2D eigenvalue weighted by atomic mass is 35.5. The van der Waals surface area contributed by atoms with Gasteiger partial charge in [-0.05, 0) is 11.6 Å². The molecule has 0 aromatic heterocycles. The van der Waals surface area contributed by atoms with Gasteiger partial charge < -0.3 is 0 Å². The molecule has 10 heavy (non-hydrogen) atoms. The van der Waals surface area contributed by atoms with Crippen LogP contribution in [0.1, 0.15) is 12.8 Å². The number of hydrogen-bond donors (Lipinski definition) is 0. The van der Waals surface area contributed by atoms with Gasteiger partial charge in [0, 0.05) is 12.8 Å².